The fraction of sp³-hybridized carbons (Fsp3) is 0.304. The molecule has 1 aromatic heterocycles. The van der Waals surface area contributed by atoms with Gasteiger partial charge in [-0.05, 0) is 49.6 Å². The molecule has 2 aromatic carbocycles. The van der Waals surface area contributed by atoms with E-state index in [1.165, 1.54) is 6.42 Å². The van der Waals surface area contributed by atoms with Crippen LogP contribution in [0.4, 0.5) is 0 Å². The predicted octanol–water partition coefficient (Wildman–Crippen LogP) is 4.02. The molecule has 0 spiro atoms. The number of aromatic carboxylic acids is 1. The minimum Gasteiger partial charge on any atom is -1.00 e. The van der Waals surface area contributed by atoms with Crippen molar-refractivity contribution in [3.05, 3.63) is 69.6 Å². The molecule has 1 fully saturated rings. The van der Waals surface area contributed by atoms with Crippen LogP contribution in [0.25, 0.3) is 16.9 Å². The van der Waals surface area contributed by atoms with Crippen molar-refractivity contribution in [1.29, 1.82) is 0 Å². The van der Waals surface area contributed by atoms with Gasteiger partial charge in [0.05, 0.1) is 11.4 Å². The third-order valence-corrected chi connectivity index (χ3v) is 6.06. The Morgan fingerprint density at radius 1 is 1.10 bits per heavy atom. The first kappa shape index (κ1) is 23.0. The van der Waals surface area contributed by atoms with E-state index in [2.05, 4.69) is 4.98 Å². The van der Waals surface area contributed by atoms with E-state index in [1.807, 2.05) is 41.8 Å². The molecule has 3 aromatic rings. The van der Waals surface area contributed by atoms with Crippen molar-refractivity contribution < 1.29 is 30.2 Å². The Bertz CT molecular complexity index is 1080. The number of aromatic nitrogens is 2. The van der Waals surface area contributed by atoms with Crippen molar-refractivity contribution in [2.75, 3.05) is 0 Å². The average molecular weight is 437 g/mol. The fourth-order valence-corrected chi connectivity index (χ4v) is 4.55. The summed E-state index contributed by atoms with van der Waals surface area (Å²) in [5.41, 5.74) is 3.18. The van der Waals surface area contributed by atoms with Gasteiger partial charge < -0.3 is 6.53 Å². The van der Waals surface area contributed by atoms with E-state index in [0.717, 1.165) is 48.3 Å². The number of carboxylic acid groups (broad SMARTS) is 1. The van der Waals surface area contributed by atoms with E-state index in [0.29, 0.717) is 15.7 Å². The monoisotopic (exact) mass is 436 g/mol. The van der Waals surface area contributed by atoms with Gasteiger partial charge in [-0.2, -0.15) is 0 Å². The summed E-state index contributed by atoms with van der Waals surface area (Å²) in [6, 6.07) is 12.9. The Kier molecular flexibility index (Phi) is 7.37. The van der Waals surface area contributed by atoms with Gasteiger partial charge in [-0.1, -0.05) is 60.7 Å². The van der Waals surface area contributed by atoms with Crippen LogP contribution in [0.5, 0.6) is 0 Å². The number of benzene rings is 2. The van der Waals surface area contributed by atoms with Crippen molar-refractivity contribution in [2.45, 2.75) is 44.9 Å². The first-order chi connectivity index (χ1) is 14.0. The number of hydrogen-bond donors (Lipinski definition) is 1. The summed E-state index contributed by atoms with van der Waals surface area (Å²) in [5.74, 6) is -0.0360. The van der Waals surface area contributed by atoms with Gasteiger partial charge in [0.25, 0.3) is 0 Å². The number of hydrogen-bond acceptors (Lipinski definition) is 2. The number of imidazole rings is 1. The van der Waals surface area contributed by atoms with Crippen LogP contribution < -0.4 is 18.9 Å². The number of nitrogens with zero attached hydrogens (tertiary/aromatic N) is 2. The van der Waals surface area contributed by atoms with E-state index in [4.69, 9.17) is 23.2 Å². The molecular weight excluding hydrogens is 414 g/mol. The normalized spacial score (nSPS) is 14.4. The summed E-state index contributed by atoms with van der Waals surface area (Å²) < 4.78 is 1.99. The molecule has 30 heavy (non-hydrogen) atoms. The second-order valence-electron chi connectivity index (χ2n) is 7.58. The van der Waals surface area contributed by atoms with Crippen molar-refractivity contribution in [2.24, 2.45) is 0 Å². The molecule has 4 rings (SSSR count). The largest absolute Gasteiger partial charge is 1.00 e. The molecule has 0 bridgehead atoms. The van der Waals surface area contributed by atoms with Crippen molar-refractivity contribution in [3.63, 3.8) is 0 Å². The minimum absolute atomic E-state index is 0. The van der Waals surface area contributed by atoms with Gasteiger partial charge in [-0.3, -0.25) is 4.57 Å². The summed E-state index contributed by atoms with van der Waals surface area (Å²) >= 11 is 12.6. The minimum atomic E-state index is -1.05. The Labute approximate surface area is 199 Å². The van der Waals surface area contributed by atoms with Crippen LogP contribution in [0.3, 0.4) is 0 Å². The van der Waals surface area contributed by atoms with Crippen LogP contribution in [-0.2, 0) is 0 Å². The summed E-state index contributed by atoms with van der Waals surface area (Å²) in [6.07, 6.45) is 5.47. The third kappa shape index (κ3) is 4.48. The zero-order chi connectivity index (χ0) is 20.5. The maximum Gasteiger partial charge on any atom is 1.00 e. The Hall–Kier alpha value is -1.70. The van der Waals surface area contributed by atoms with Gasteiger partial charge in [0, 0.05) is 21.5 Å². The van der Waals surface area contributed by atoms with E-state index in [1.54, 1.807) is 12.1 Å². The van der Waals surface area contributed by atoms with Crippen LogP contribution >= 0.6 is 23.2 Å². The molecule has 0 amide bonds. The molecule has 0 unspecified atom stereocenters. The summed E-state index contributed by atoms with van der Waals surface area (Å²) in [4.78, 5) is 16.8. The molecule has 7 heteroatoms. The van der Waals surface area contributed by atoms with E-state index in [-0.39, 0.29) is 31.9 Å². The molecule has 0 aliphatic heterocycles. The van der Waals surface area contributed by atoms with Crippen LogP contribution in [0, 0.1) is 6.92 Å². The SMILES string of the molecule is Cc1ccc(Cl)cc1-n1c(C2CCCCC2)nc(C(=O)O)c1-c1cccc(Cl)c1.[H-].[Li+]. The first-order valence-corrected chi connectivity index (χ1v) is 10.6. The number of halogens is 2. The van der Waals surface area contributed by atoms with Crippen LogP contribution in [0.15, 0.2) is 42.5 Å². The van der Waals surface area contributed by atoms with E-state index in [9.17, 15) is 9.90 Å². The number of carboxylic acids is 1. The second kappa shape index (κ2) is 9.62. The van der Waals surface area contributed by atoms with Gasteiger partial charge in [-0.15, -0.1) is 0 Å². The Morgan fingerprint density at radius 2 is 1.80 bits per heavy atom. The second-order valence-corrected chi connectivity index (χ2v) is 8.46. The molecular formula is C23H23Cl2LiN2O2. The van der Waals surface area contributed by atoms with Gasteiger partial charge >= 0.3 is 24.8 Å². The molecule has 152 valence electrons. The third-order valence-electron chi connectivity index (χ3n) is 5.59. The number of carbonyl (C=O) groups is 1. The van der Waals surface area contributed by atoms with Gasteiger partial charge in [0.1, 0.15) is 5.82 Å². The number of rotatable bonds is 4. The molecule has 1 aliphatic rings. The summed E-state index contributed by atoms with van der Waals surface area (Å²) in [6.45, 7) is 2.00. The summed E-state index contributed by atoms with van der Waals surface area (Å²) in [7, 11) is 0. The molecule has 0 saturated heterocycles. The first-order valence-electron chi connectivity index (χ1n) is 9.84. The molecule has 0 radical (unpaired) electrons. The molecule has 1 N–H and O–H groups in total. The van der Waals surface area contributed by atoms with E-state index >= 15 is 0 Å². The van der Waals surface area contributed by atoms with Gasteiger partial charge in [0.15, 0.2) is 5.69 Å². The maximum atomic E-state index is 12.2. The van der Waals surface area contributed by atoms with Crippen LogP contribution in [0.1, 0.15) is 61.3 Å². The smallest absolute Gasteiger partial charge is 1.00 e. The molecule has 0 atom stereocenters. The standard InChI is InChI=1S/C23H22Cl2N2O2.Li.H/c1-14-10-11-18(25)13-19(14)27-21(16-8-5-9-17(24)12-16)20(23(28)29)26-22(27)15-6-3-2-4-7-15;;/h5,8-13,15H,2-4,6-7H2,1H3,(H,28,29);;/q;+1;-1. The molecule has 1 heterocycles. The Morgan fingerprint density at radius 3 is 2.47 bits per heavy atom. The van der Waals surface area contributed by atoms with Crippen molar-refractivity contribution in [3.8, 4) is 16.9 Å². The van der Waals surface area contributed by atoms with Gasteiger partial charge in [-0.25, -0.2) is 9.78 Å². The number of aryl methyl sites for hydroxylation is 1. The van der Waals surface area contributed by atoms with Crippen LogP contribution in [0.2, 0.25) is 10.0 Å². The summed E-state index contributed by atoms with van der Waals surface area (Å²) in [5, 5.41) is 11.1. The maximum absolute atomic E-state index is 12.2. The quantitative estimate of drug-likeness (QED) is 0.628. The van der Waals surface area contributed by atoms with Crippen molar-refractivity contribution in [1.82, 2.24) is 9.55 Å². The van der Waals surface area contributed by atoms with Crippen molar-refractivity contribution >= 4 is 29.2 Å². The average Bonchev–Trinajstić information content (AvgIpc) is 3.11. The molecule has 1 saturated carbocycles. The Balaban J connectivity index is 0.00000171. The zero-order valence-electron chi connectivity index (χ0n) is 18.2. The molecule has 4 nitrogen and oxygen atoms in total. The molecule has 1 aliphatic carbocycles. The van der Waals surface area contributed by atoms with E-state index < -0.39 is 5.97 Å². The zero-order valence-corrected chi connectivity index (χ0v) is 18.7. The van der Waals surface area contributed by atoms with Crippen LogP contribution in [-0.4, -0.2) is 20.6 Å². The predicted molar refractivity (Wildman–Crippen MR) is 118 cm³/mol. The van der Waals surface area contributed by atoms with Gasteiger partial charge in [0.2, 0.25) is 0 Å². The topological polar surface area (TPSA) is 55.1 Å². The fourth-order valence-electron chi connectivity index (χ4n) is 4.19.